The van der Waals surface area contributed by atoms with Crippen molar-refractivity contribution in [3.05, 3.63) is 0 Å². The molecule has 1 fully saturated rings. The second kappa shape index (κ2) is 1.43. The van der Waals surface area contributed by atoms with Crippen LogP contribution in [0.2, 0.25) is 0 Å². The van der Waals surface area contributed by atoms with Crippen molar-refractivity contribution in [3.63, 3.8) is 0 Å². The summed E-state index contributed by atoms with van der Waals surface area (Å²) in [6, 6.07) is 0. The van der Waals surface area contributed by atoms with Crippen molar-refractivity contribution in [1.82, 2.24) is 0 Å². The lowest BCUT2D eigenvalue weighted by atomic mass is 10.5. The van der Waals surface area contributed by atoms with Gasteiger partial charge in [-0.15, -0.1) is 3.89 Å². The highest BCUT2D eigenvalue weighted by atomic mass is 32.3. The van der Waals surface area contributed by atoms with Gasteiger partial charge in [0, 0.05) is 0 Å². The smallest absolute Gasteiger partial charge is 0.195 e. The lowest BCUT2D eigenvalue weighted by molar-refractivity contribution is 0.548. The number of hydrogen-bond donors (Lipinski definition) is 0. The Morgan fingerprint density at radius 2 is 2.00 bits per heavy atom. The first-order chi connectivity index (χ1) is 3.52. The van der Waals surface area contributed by atoms with E-state index < -0.39 is 15.5 Å². The Morgan fingerprint density at radius 1 is 1.62 bits per heavy atom. The zero-order chi connectivity index (χ0) is 6.36. The molecule has 0 N–H and O–H groups in total. The van der Waals surface area contributed by atoms with Crippen LogP contribution in [0.1, 0.15) is 13.3 Å². The maximum Gasteiger partial charge on any atom is 0.305 e. The molecular weight excluding hydrogens is 131 g/mol. The van der Waals surface area contributed by atoms with Gasteiger partial charge in [0.15, 0.2) is 0 Å². The molecule has 0 aliphatic heterocycles. The lowest BCUT2D eigenvalue weighted by Gasteiger charge is -1.82. The van der Waals surface area contributed by atoms with Crippen molar-refractivity contribution < 1.29 is 12.3 Å². The van der Waals surface area contributed by atoms with Gasteiger partial charge in [-0.3, -0.25) is 0 Å². The molecule has 0 aromatic heterocycles. The minimum atomic E-state index is -4.18. The van der Waals surface area contributed by atoms with E-state index in [-0.39, 0.29) is 5.92 Å². The van der Waals surface area contributed by atoms with Crippen LogP contribution in [0.5, 0.6) is 0 Å². The predicted molar refractivity (Wildman–Crippen MR) is 27.6 cm³/mol. The Hall–Kier alpha value is -0.120. The Labute approximate surface area is 47.9 Å². The topological polar surface area (TPSA) is 34.1 Å². The minimum Gasteiger partial charge on any atom is -0.195 e. The van der Waals surface area contributed by atoms with Crippen molar-refractivity contribution in [3.8, 4) is 0 Å². The summed E-state index contributed by atoms with van der Waals surface area (Å²) in [6.07, 6.45) is 0.499. The molecule has 2 atom stereocenters. The molecule has 0 bridgehead atoms. The highest BCUT2D eigenvalue weighted by Gasteiger charge is 2.44. The molecule has 0 aromatic carbocycles. The van der Waals surface area contributed by atoms with Gasteiger partial charge < -0.3 is 0 Å². The van der Waals surface area contributed by atoms with Crippen molar-refractivity contribution in [1.29, 1.82) is 0 Å². The first-order valence-electron chi connectivity index (χ1n) is 2.45. The van der Waals surface area contributed by atoms with Gasteiger partial charge in [-0.05, 0) is 12.3 Å². The highest BCUT2D eigenvalue weighted by molar-refractivity contribution is 7.87. The van der Waals surface area contributed by atoms with Gasteiger partial charge in [-0.25, -0.2) is 0 Å². The van der Waals surface area contributed by atoms with Crippen molar-refractivity contribution >= 4 is 10.2 Å². The molecule has 0 amide bonds. The summed E-state index contributed by atoms with van der Waals surface area (Å²) in [6.45, 7) is 1.72. The summed E-state index contributed by atoms with van der Waals surface area (Å²) >= 11 is 0. The zero-order valence-corrected chi connectivity index (χ0v) is 5.28. The third-order valence-corrected chi connectivity index (χ3v) is 2.78. The lowest BCUT2D eigenvalue weighted by Crippen LogP contribution is -1.98. The SMILES string of the molecule is CC1CC1S(=O)(=O)F. The van der Waals surface area contributed by atoms with E-state index in [4.69, 9.17) is 0 Å². The Bertz CT molecular complexity index is 184. The second-order valence-electron chi connectivity index (χ2n) is 2.23. The van der Waals surface area contributed by atoms with Crippen LogP contribution in [0, 0.1) is 5.92 Å². The zero-order valence-electron chi connectivity index (χ0n) is 4.46. The molecule has 1 saturated carbocycles. The molecule has 1 aliphatic rings. The van der Waals surface area contributed by atoms with Crippen LogP contribution in [0.3, 0.4) is 0 Å². The average molecular weight is 138 g/mol. The molecule has 4 heteroatoms. The summed E-state index contributed by atoms with van der Waals surface area (Å²) < 4.78 is 31.7. The largest absolute Gasteiger partial charge is 0.305 e. The average Bonchev–Trinajstić information content (AvgIpc) is 2.13. The van der Waals surface area contributed by atoms with Crippen molar-refractivity contribution in [2.24, 2.45) is 5.92 Å². The Balaban J connectivity index is 2.66. The maximum absolute atomic E-state index is 11.8. The van der Waals surface area contributed by atoms with Crippen LogP contribution in [-0.4, -0.2) is 13.7 Å². The Kier molecular flexibility index (Phi) is 1.08. The van der Waals surface area contributed by atoms with Gasteiger partial charge >= 0.3 is 10.2 Å². The maximum atomic E-state index is 11.8. The standard InChI is InChI=1S/C4H7FO2S/c1-3-2-4(3)8(5,6)7/h3-4H,2H2,1H3. The molecular formula is C4H7FO2S. The van der Waals surface area contributed by atoms with E-state index in [1.165, 1.54) is 0 Å². The van der Waals surface area contributed by atoms with Gasteiger partial charge in [-0.1, -0.05) is 6.92 Å². The summed E-state index contributed by atoms with van der Waals surface area (Å²) in [7, 11) is -4.18. The first-order valence-corrected chi connectivity index (χ1v) is 3.90. The summed E-state index contributed by atoms with van der Waals surface area (Å²) in [5.41, 5.74) is 0. The van der Waals surface area contributed by atoms with Crippen LogP contribution in [0.4, 0.5) is 3.89 Å². The summed E-state index contributed by atoms with van der Waals surface area (Å²) in [4.78, 5) is 0. The van der Waals surface area contributed by atoms with Crippen molar-refractivity contribution in [2.75, 3.05) is 0 Å². The van der Waals surface area contributed by atoms with Gasteiger partial charge in [0.2, 0.25) is 0 Å². The molecule has 0 saturated heterocycles. The molecule has 0 heterocycles. The molecule has 2 unspecified atom stereocenters. The van der Waals surface area contributed by atoms with Crippen LogP contribution >= 0.6 is 0 Å². The van der Waals surface area contributed by atoms with E-state index in [0.717, 1.165) is 0 Å². The number of hydrogen-bond acceptors (Lipinski definition) is 2. The van der Waals surface area contributed by atoms with Crippen LogP contribution in [0.25, 0.3) is 0 Å². The van der Waals surface area contributed by atoms with Gasteiger partial charge in [0.25, 0.3) is 0 Å². The normalized spacial score (nSPS) is 37.2. The van der Waals surface area contributed by atoms with E-state index in [0.29, 0.717) is 6.42 Å². The molecule has 0 radical (unpaired) electrons. The molecule has 48 valence electrons. The minimum absolute atomic E-state index is 0.0463. The number of halogens is 1. The van der Waals surface area contributed by atoms with E-state index in [2.05, 4.69) is 0 Å². The molecule has 8 heavy (non-hydrogen) atoms. The molecule has 1 rings (SSSR count). The third kappa shape index (κ3) is 0.992. The first kappa shape index (κ1) is 6.01. The van der Waals surface area contributed by atoms with Crippen LogP contribution in [-0.2, 0) is 10.2 Å². The van der Waals surface area contributed by atoms with Gasteiger partial charge in [0.1, 0.15) is 0 Å². The quantitative estimate of drug-likeness (QED) is 0.500. The van der Waals surface area contributed by atoms with Gasteiger partial charge in [0.05, 0.1) is 5.25 Å². The third-order valence-electron chi connectivity index (χ3n) is 1.40. The van der Waals surface area contributed by atoms with E-state index >= 15 is 0 Å². The Morgan fingerprint density at radius 3 is 2.00 bits per heavy atom. The molecule has 0 spiro atoms. The molecule has 0 aromatic rings. The fourth-order valence-corrected chi connectivity index (χ4v) is 1.77. The van der Waals surface area contributed by atoms with Gasteiger partial charge in [-0.2, -0.15) is 8.42 Å². The monoisotopic (exact) mass is 138 g/mol. The second-order valence-corrected chi connectivity index (χ2v) is 3.78. The highest BCUT2D eigenvalue weighted by Crippen LogP contribution is 2.37. The van der Waals surface area contributed by atoms with E-state index in [1.54, 1.807) is 6.92 Å². The number of rotatable bonds is 1. The molecule has 2 nitrogen and oxygen atoms in total. The van der Waals surface area contributed by atoms with E-state index in [1.807, 2.05) is 0 Å². The predicted octanol–water partition coefficient (Wildman–Crippen LogP) is 0.694. The fraction of sp³-hybridized carbons (Fsp3) is 1.00. The van der Waals surface area contributed by atoms with Crippen LogP contribution < -0.4 is 0 Å². The van der Waals surface area contributed by atoms with Crippen molar-refractivity contribution in [2.45, 2.75) is 18.6 Å². The fourth-order valence-electron chi connectivity index (χ4n) is 0.680. The summed E-state index contributed by atoms with van der Waals surface area (Å²) in [5.74, 6) is 0.0463. The molecule has 1 aliphatic carbocycles. The summed E-state index contributed by atoms with van der Waals surface area (Å²) in [5, 5.41) is -0.678. The van der Waals surface area contributed by atoms with E-state index in [9.17, 15) is 12.3 Å². The van der Waals surface area contributed by atoms with Crippen LogP contribution in [0.15, 0.2) is 0 Å².